The molecule has 0 saturated heterocycles. The van der Waals surface area contributed by atoms with Crippen LogP contribution in [0.15, 0.2) is 29.2 Å². The molecule has 0 spiro atoms. The molecule has 0 radical (unpaired) electrons. The number of nitrogens with zero attached hydrogens (tertiary/aromatic N) is 1. The molecular weight excluding hydrogens is 218 g/mol. The maximum absolute atomic E-state index is 10.9. The first-order valence-electron chi connectivity index (χ1n) is 3.10. The topological polar surface area (TPSA) is 77.3 Å². The Morgan fingerprint density at radius 3 is 2.08 bits per heavy atom. The summed E-state index contributed by atoms with van der Waals surface area (Å²) in [5.41, 5.74) is 0. The summed E-state index contributed by atoms with van der Waals surface area (Å²) in [5.74, 6) is 0. The van der Waals surface area contributed by atoms with Crippen LogP contribution in [0.4, 0.5) is 0 Å². The summed E-state index contributed by atoms with van der Waals surface area (Å²) >= 11 is 5.48. The molecule has 0 fully saturated rings. The first-order valence-corrected chi connectivity index (χ1v) is 4.91. The Hall–Kier alpha value is -1.14. The molecule has 5 nitrogen and oxygen atoms in total. The minimum atomic E-state index is -4.43. The van der Waals surface area contributed by atoms with Gasteiger partial charge in [-0.2, -0.15) is 8.42 Å². The Labute approximate surface area is 79.1 Å². The van der Waals surface area contributed by atoms with E-state index in [2.05, 4.69) is 0 Å². The predicted molar refractivity (Wildman–Crippen MR) is 45.6 cm³/mol. The fourth-order valence-electron chi connectivity index (χ4n) is 0.693. The van der Waals surface area contributed by atoms with Crippen molar-refractivity contribution < 1.29 is 12.7 Å². The lowest BCUT2D eigenvalue weighted by molar-refractivity contribution is -0.305. The Morgan fingerprint density at radius 1 is 1.23 bits per heavy atom. The highest BCUT2D eigenvalue weighted by Gasteiger charge is 2.26. The highest BCUT2D eigenvalue weighted by molar-refractivity contribution is 7.85. The zero-order chi connectivity index (χ0) is 10.1. The quantitative estimate of drug-likeness (QED) is 0.557. The Morgan fingerprint density at radius 2 is 1.69 bits per heavy atom. The van der Waals surface area contributed by atoms with Crippen LogP contribution in [-0.4, -0.2) is 12.7 Å². The van der Waals surface area contributed by atoms with Crippen molar-refractivity contribution in [3.8, 4) is 0 Å². The van der Waals surface area contributed by atoms with Gasteiger partial charge < -0.3 is 0 Å². The van der Waals surface area contributed by atoms with Gasteiger partial charge >= 0.3 is 10.0 Å². The minimum absolute atomic E-state index is 0.322. The molecule has 1 aromatic carbocycles. The number of benzene rings is 1. The van der Waals surface area contributed by atoms with E-state index in [0.717, 1.165) is 12.1 Å². The lowest BCUT2D eigenvalue weighted by atomic mass is 10.4. The Balaban J connectivity index is 3.25. The number of hydrogen-bond donors (Lipinski definition) is 0. The van der Waals surface area contributed by atoms with Gasteiger partial charge in [0.05, 0.1) is 0 Å². The van der Waals surface area contributed by atoms with Crippen LogP contribution in [0.25, 0.3) is 0 Å². The number of rotatable bonds is 2. The molecule has 0 N–H and O–H groups in total. The number of halogens is 1. The van der Waals surface area contributed by atoms with E-state index in [1.165, 1.54) is 12.1 Å². The molecule has 0 aliphatic rings. The zero-order valence-corrected chi connectivity index (χ0v) is 7.75. The first-order chi connectivity index (χ1) is 5.94. The van der Waals surface area contributed by atoms with Crippen molar-refractivity contribution in [1.82, 2.24) is 0 Å². The van der Waals surface area contributed by atoms with E-state index in [0.29, 0.717) is 5.02 Å². The lowest BCUT2D eigenvalue weighted by Crippen LogP contribution is -2.12. The van der Waals surface area contributed by atoms with Gasteiger partial charge in [-0.05, 0) is 24.3 Å². The zero-order valence-electron chi connectivity index (χ0n) is 6.18. The van der Waals surface area contributed by atoms with Gasteiger partial charge in [-0.3, -0.25) is 0 Å². The van der Waals surface area contributed by atoms with Crippen LogP contribution < -0.4 is 0 Å². The smallest absolute Gasteiger partial charge is 0.247 e. The molecule has 0 bridgehead atoms. The summed E-state index contributed by atoms with van der Waals surface area (Å²) in [4.78, 5) is 9.72. The van der Waals surface area contributed by atoms with E-state index in [9.17, 15) is 18.5 Å². The molecule has 0 unspecified atom stereocenters. The molecule has 70 valence electrons. The second kappa shape index (κ2) is 3.31. The fraction of sp³-hybridized carbons (Fsp3) is 0. The van der Waals surface area contributed by atoms with Crippen LogP contribution in [0.5, 0.6) is 0 Å². The summed E-state index contributed by atoms with van der Waals surface area (Å²) in [7, 11) is -4.43. The average molecular weight is 222 g/mol. The number of hydrogen-bond acceptors (Lipinski definition) is 4. The van der Waals surface area contributed by atoms with Gasteiger partial charge in [0.2, 0.25) is 0 Å². The molecule has 0 aliphatic heterocycles. The van der Waals surface area contributed by atoms with Crippen LogP contribution in [0, 0.1) is 10.1 Å². The van der Waals surface area contributed by atoms with Gasteiger partial charge in [0.1, 0.15) is 4.90 Å². The molecule has 1 rings (SSSR count). The molecule has 0 aromatic heterocycles. The van der Waals surface area contributed by atoms with E-state index in [-0.39, 0.29) is 4.90 Å². The maximum Gasteiger partial charge on any atom is 0.448 e. The van der Waals surface area contributed by atoms with Gasteiger partial charge in [0.15, 0.2) is 4.33 Å². The van der Waals surface area contributed by atoms with Gasteiger partial charge in [-0.15, -0.1) is 0 Å². The summed E-state index contributed by atoms with van der Waals surface area (Å²) < 4.78 is 20.5. The van der Waals surface area contributed by atoms with E-state index >= 15 is 0 Å². The van der Waals surface area contributed by atoms with Crippen LogP contribution in [0.2, 0.25) is 5.02 Å². The van der Waals surface area contributed by atoms with Crippen molar-refractivity contribution in [2.75, 3.05) is 0 Å². The van der Waals surface area contributed by atoms with E-state index in [1.807, 2.05) is 0 Å². The van der Waals surface area contributed by atoms with Crippen LogP contribution in [0.1, 0.15) is 0 Å². The standard InChI is InChI=1S/C6H4ClNO4S/c7-5-1-3-6(4-2-5)13(11,12)8(9)10/h1-4H. The summed E-state index contributed by atoms with van der Waals surface area (Å²) in [6.07, 6.45) is 0. The Bertz CT molecular complexity index is 424. The molecule has 0 aliphatic carbocycles. The van der Waals surface area contributed by atoms with Gasteiger partial charge in [0, 0.05) is 5.02 Å². The largest absolute Gasteiger partial charge is 0.448 e. The monoisotopic (exact) mass is 221 g/mol. The fourth-order valence-corrected chi connectivity index (χ4v) is 1.47. The van der Waals surface area contributed by atoms with E-state index in [4.69, 9.17) is 11.6 Å². The Kier molecular flexibility index (Phi) is 2.53. The molecule has 0 heterocycles. The second-order valence-corrected chi connectivity index (χ2v) is 4.31. The SMILES string of the molecule is O=[N+]([O-])S(=O)(=O)c1ccc(Cl)cc1. The van der Waals surface area contributed by atoms with Gasteiger partial charge in [0.25, 0.3) is 0 Å². The highest BCUT2D eigenvalue weighted by atomic mass is 35.5. The highest BCUT2D eigenvalue weighted by Crippen LogP contribution is 2.15. The van der Waals surface area contributed by atoms with Gasteiger partial charge in [-0.25, -0.2) is 10.1 Å². The van der Waals surface area contributed by atoms with Crippen LogP contribution in [0.3, 0.4) is 0 Å². The average Bonchev–Trinajstić information content (AvgIpc) is 2.04. The van der Waals surface area contributed by atoms with Crippen LogP contribution in [-0.2, 0) is 10.0 Å². The van der Waals surface area contributed by atoms with Crippen molar-refractivity contribution >= 4 is 21.6 Å². The van der Waals surface area contributed by atoms with Crippen LogP contribution >= 0.6 is 11.6 Å². The molecular formula is C6H4ClNO4S. The third-order valence-corrected chi connectivity index (χ3v) is 2.82. The third-order valence-electron chi connectivity index (χ3n) is 1.31. The van der Waals surface area contributed by atoms with E-state index in [1.54, 1.807) is 0 Å². The van der Waals surface area contributed by atoms with Crippen molar-refractivity contribution in [2.24, 2.45) is 0 Å². The van der Waals surface area contributed by atoms with Gasteiger partial charge in [-0.1, -0.05) is 11.6 Å². The number of nitro groups is 1. The second-order valence-electron chi connectivity index (χ2n) is 2.15. The molecule has 0 amide bonds. The lowest BCUT2D eigenvalue weighted by Gasteiger charge is -1.94. The van der Waals surface area contributed by atoms with Crippen molar-refractivity contribution in [3.63, 3.8) is 0 Å². The first kappa shape index (κ1) is 9.94. The molecule has 0 saturated carbocycles. The maximum atomic E-state index is 10.9. The normalized spacial score (nSPS) is 11.2. The molecule has 13 heavy (non-hydrogen) atoms. The molecule has 1 aromatic rings. The summed E-state index contributed by atoms with van der Waals surface area (Å²) in [6.45, 7) is 0. The molecule has 7 heteroatoms. The summed E-state index contributed by atoms with van der Waals surface area (Å²) in [6, 6.07) is 4.72. The number of sulfonamides is 1. The molecule has 0 atom stereocenters. The van der Waals surface area contributed by atoms with Crippen molar-refractivity contribution in [2.45, 2.75) is 4.90 Å². The minimum Gasteiger partial charge on any atom is -0.247 e. The van der Waals surface area contributed by atoms with E-state index < -0.39 is 14.4 Å². The predicted octanol–water partition coefficient (Wildman–Crippen LogP) is 1.31. The van der Waals surface area contributed by atoms with Crippen molar-refractivity contribution in [3.05, 3.63) is 39.4 Å². The summed E-state index contributed by atoms with van der Waals surface area (Å²) in [5, 5.41) is 10.4. The third kappa shape index (κ3) is 1.96. The van der Waals surface area contributed by atoms with Crippen molar-refractivity contribution in [1.29, 1.82) is 0 Å².